The number of thiazole rings is 1. The first kappa shape index (κ1) is 17.7. The van der Waals surface area contributed by atoms with Crippen LogP contribution in [0.1, 0.15) is 11.1 Å². The molecule has 140 valence electrons. The summed E-state index contributed by atoms with van der Waals surface area (Å²) in [5.74, 6) is -0.317. The Morgan fingerprint density at radius 1 is 1.11 bits per heavy atom. The van der Waals surface area contributed by atoms with E-state index in [-0.39, 0.29) is 11.8 Å². The number of rotatable bonds is 2. The maximum Gasteiger partial charge on any atom is 0.321 e. The van der Waals surface area contributed by atoms with Crippen LogP contribution in [0.3, 0.4) is 0 Å². The summed E-state index contributed by atoms with van der Waals surface area (Å²) in [6.07, 6.45) is 0. The number of benzene rings is 2. The van der Waals surface area contributed by atoms with Gasteiger partial charge in [-0.2, -0.15) is 0 Å². The monoisotopic (exact) mass is 384 g/mol. The number of urea groups is 1. The fourth-order valence-electron chi connectivity index (χ4n) is 3.33. The predicted molar refractivity (Wildman–Crippen MR) is 108 cm³/mol. The summed E-state index contributed by atoms with van der Waals surface area (Å²) < 4.78 is 14.2. The van der Waals surface area contributed by atoms with Gasteiger partial charge in [-0.1, -0.05) is 17.4 Å². The third kappa shape index (κ3) is 3.73. The van der Waals surface area contributed by atoms with Gasteiger partial charge in [0.25, 0.3) is 0 Å². The van der Waals surface area contributed by atoms with Crippen LogP contribution in [-0.4, -0.2) is 42.1 Å². The van der Waals surface area contributed by atoms with Crippen LogP contribution in [0, 0.1) is 19.7 Å². The van der Waals surface area contributed by atoms with Crippen LogP contribution in [0.5, 0.6) is 0 Å². The van der Waals surface area contributed by atoms with Crippen LogP contribution in [-0.2, 0) is 0 Å². The Balaban J connectivity index is 1.40. The standard InChI is InChI=1S/C20H21FN4OS/c1-13-11-14(2)18-17(12-13)27-20(23-18)25-9-7-24(8-10-25)19(26)22-16-5-3-15(21)4-6-16/h3-6,11-12H,7-10H2,1-2H3,(H,22,26). The Morgan fingerprint density at radius 2 is 1.81 bits per heavy atom. The number of hydrogen-bond acceptors (Lipinski definition) is 4. The average molecular weight is 384 g/mol. The third-order valence-corrected chi connectivity index (χ3v) is 5.81. The molecule has 0 atom stereocenters. The van der Waals surface area contributed by atoms with Crippen molar-refractivity contribution in [1.29, 1.82) is 0 Å². The number of nitrogens with zero attached hydrogens (tertiary/aromatic N) is 3. The number of piperazine rings is 1. The van der Waals surface area contributed by atoms with Crippen molar-refractivity contribution in [3.63, 3.8) is 0 Å². The van der Waals surface area contributed by atoms with Gasteiger partial charge in [0.15, 0.2) is 5.13 Å². The van der Waals surface area contributed by atoms with E-state index in [9.17, 15) is 9.18 Å². The van der Waals surface area contributed by atoms with Crippen molar-refractivity contribution >= 4 is 38.4 Å². The van der Waals surface area contributed by atoms with Crippen LogP contribution in [0.25, 0.3) is 10.2 Å². The molecule has 0 saturated carbocycles. The highest BCUT2D eigenvalue weighted by Gasteiger charge is 2.23. The van der Waals surface area contributed by atoms with Gasteiger partial charge in [-0.05, 0) is 55.3 Å². The van der Waals surface area contributed by atoms with Gasteiger partial charge in [0.2, 0.25) is 0 Å². The topological polar surface area (TPSA) is 48.5 Å². The van der Waals surface area contributed by atoms with Crippen LogP contribution >= 0.6 is 11.3 Å². The molecule has 3 aromatic rings. The Labute approximate surface area is 161 Å². The summed E-state index contributed by atoms with van der Waals surface area (Å²) in [5, 5.41) is 3.83. The molecule has 0 radical (unpaired) electrons. The molecule has 2 amide bonds. The lowest BCUT2D eigenvalue weighted by Crippen LogP contribution is -2.50. The number of amides is 2. The lowest BCUT2D eigenvalue weighted by molar-refractivity contribution is 0.208. The lowest BCUT2D eigenvalue weighted by Gasteiger charge is -2.34. The van der Waals surface area contributed by atoms with Crippen molar-refractivity contribution in [2.75, 3.05) is 36.4 Å². The molecule has 1 aliphatic heterocycles. The SMILES string of the molecule is Cc1cc(C)c2nc(N3CCN(C(=O)Nc4ccc(F)cc4)CC3)sc2c1. The molecule has 2 heterocycles. The highest BCUT2D eigenvalue weighted by molar-refractivity contribution is 7.22. The Bertz CT molecular complexity index is 978. The number of anilines is 2. The predicted octanol–water partition coefficient (Wildman–Crippen LogP) is 4.41. The quantitative estimate of drug-likeness (QED) is 0.712. The zero-order valence-corrected chi connectivity index (χ0v) is 16.1. The first-order valence-electron chi connectivity index (χ1n) is 8.94. The van der Waals surface area contributed by atoms with Crippen molar-refractivity contribution in [3.05, 3.63) is 53.3 Å². The van der Waals surface area contributed by atoms with E-state index in [1.165, 1.54) is 28.0 Å². The fourth-order valence-corrected chi connectivity index (χ4v) is 4.52. The highest BCUT2D eigenvalue weighted by Crippen LogP contribution is 2.32. The number of fused-ring (bicyclic) bond motifs is 1. The van der Waals surface area contributed by atoms with Crippen LogP contribution in [0.4, 0.5) is 20.0 Å². The molecule has 5 nitrogen and oxygen atoms in total. The van der Waals surface area contributed by atoms with Gasteiger partial charge < -0.3 is 15.1 Å². The van der Waals surface area contributed by atoms with Crippen LogP contribution < -0.4 is 10.2 Å². The number of halogens is 1. The average Bonchev–Trinajstić information content (AvgIpc) is 3.08. The molecule has 1 saturated heterocycles. The van der Waals surface area contributed by atoms with Crippen molar-refractivity contribution in [3.8, 4) is 0 Å². The fraction of sp³-hybridized carbons (Fsp3) is 0.300. The van der Waals surface area contributed by atoms with Gasteiger partial charge in [0.1, 0.15) is 5.82 Å². The number of carbonyl (C=O) groups excluding carboxylic acids is 1. The van der Waals surface area contributed by atoms with Crippen molar-refractivity contribution in [2.45, 2.75) is 13.8 Å². The lowest BCUT2D eigenvalue weighted by atomic mass is 10.1. The first-order valence-corrected chi connectivity index (χ1v) is 9.75. The molecule has 0 bridgehead atoms. The van der Waals surface area contributed by atoms with E-state index in [1.807, 2.05) is 0 Å². The van der Waals surface area contributed by atoms with Gasteiger partial charge in [-0.15, -0.1) is 0 Å². The molecule has 27 heavy (non-hydrogen) atoms. The van der Waals surface area contributed by atoms with E-state index in [2.05, 4.69) is 36.2 Å². The molecule has 1 aromatic heterocycles. The van der Waals surface area contributed by atoms with Gasteiger partial charge in [-0.3, -0.25) is 0 Å². The van der Waals surface area contributed by atoms with Gasteiger partial charge in [-0.25, -0.2) is 14.2 Å². The van der Waals surface area contributed by atoms with E-state index < -0.39 is 0 Å². The van der Waals surface area contributed by atoms with E-state index in [0.717, 1.165) is 23.7 Å². The van der Waals surface area contributed by atoms with Crippen molar-refractivity contribution in [2.24, 2.45) is 0 Å². The van der Waals surface area contributed by atoms with Gasteiger partial charge in [0, 0.05) is 31.9 Å². The molecule has 1 aliphatic rings. The highest BCUT2D eigenvalue weighted by atomic mass is 32.1. The molecule has 0 spiro atoms. The Hall–Kier alpha value is -2.67. The Kier molecular flexibility index (Phi) is 4.70. The summed E-state index contributed by atoms with van der Waals surface area (Å²) in [5.41, 5.74) is 4.11. The van der Waals surface area contributed by atoms with Crippen LogP contribution in [0.2, 0.25) is 0 Å². The first-order chi connectivity index (χ1) is 13.0. The second kappa shape index (κ2) is 7.15. The molecule has 7 heteroatoms. The Morgan fingerprint density at radius 3 is 2.52 bits per heavy atom. The maximum absolute atomic E-state index is 13.0. The number of hydrogen-bond donors (Lipinski definition) is 1. The molecular weight excluding hydrogens is 363 g/mol. The number of carbonyl (C=O) groups is 1. The molecule has 2 aromatic carbocycles. The minimum Gasteiger partial charge on any atom is -0.345 e. The normalized spacial score (nSPS) is 14.6. The van der Waals surface area contributed by atoms with E-state index in [1.54, 1.807) is 28.4 Å². The number of aromatic nitrogens is 1. The summed E-state index contributed by atoms with van der Waals surface area (Å²) in [7, 11) is 0. The summed E-state index contributed by atoms with van der Waals surface area (Å²) in [6.45, 7) is 6.94. The molecule has 1 fully saturated rings. The van der Waals surface area contributed by atoms with Gasteiger partial charge >= 0.3 is 6.03 Å². The number of aryl methyl sites for hydroxylation is 2. The summed E-state index contributed by atoms with van der Waals surface area (Å²) >= 11 is 1.71. The van der Waals surface area contributed by atoms with Crippen molar-refractivity contribution < 1.29 is 9.18 Å². The second-order valence-corrected chi connectivity index (χ2v) is 7.85. The summed E-state index contributed by atoms with van der Waals surface area (Å²) in [4.78, 5) is 21.2. The zero-order valence-electron chi connectivity index (χ0n) is 15.3. The van der Waals surface area contributed by atoms with E-state index in [4.69, 9.17) is 4.98 Å². The molecule has 0 unspecified atom stereocenters. The van der Waals surface area contributed by atoms with Crippen molar-refractivity contribution in [1.82, 2.24) is 9.88 Å². The maximum atomic E-state index is 13.0. The molecule has 4 rings (SSSR count). The minimum atomic E-state index is -0.317. The van der Waals surface area contributed by atoms with E-state index in [0.29, 0.717) is 18.8 Å². The zero-order chi connectivity index (χ0) is 19.0. The molecule has 0 aliphatic carbocycles. The van der Waals surface area contributed by atoms with Gasteiger partial charge in [0.05, 0.1) is 10.2 Å². The third-order valence-electron chi connectivity index (χ3n) is 4.75. The van der Waals surface area contributed by atoms with E-state index >= 15 is 0 Å². The second-order valence-electron chi connectivity index (χ2n) is 6.84. The summed E-state index contributed by atoms with van der Waals surface area (Å²) in [6, 6.07) is 9.98. The van der Waals surface area contributed by atoms with Crippen LogP contribution in [0.15, 0.2) is 36.4 Å². The number of nitrogens with one attached hydrogen (secondary N) is 1. The largest absolute Gasteiger partial charge is 0.345 e. The molecule has 1 N–H and O–H groups in total. The smallest absolute Gasteiger partial charge is 0.321 e. The molecular formula is C20H21FN4OS. The minimum absolute atomic E-state index is 0.156.